The second-order valence-electron chi connectivity index (χ2n) is 5.75. The molecule has 12 nitrogen and oxygen atoms in total. The van der Waals surface area contributed by atoms with Gasteiger partial charge in [-0.15, -0.1) is 0 Å². The molecular weight excluding hydrogens is 394 g/mol. The number of carboxylic acids is 1. The summed E-state index contributed by atoms with van der Waals surface area (Å²) in [7, 11) is 0. The largest absolute Gasteiger partial charge is 0.480 e. The Kier molecular flexibility index (Phi) is 12.6. The molecule has 3 unspecified atom stereocenters. The van der Waals surface area contributed by atoms with Crippen molar-refractivity contribution in [2.24, 2.45) is 11.5 Å². The highest BCUT2D eigenvalue weighted by Crippen LogP contribution is 2.03. The maximum Gasteiger partial charge on any atom is 0.326 e. The highest BCUT2D eigenvalue weighted by atomic mass is 32.2. The first-order chi connectivity index (χ1) is 13.2. The fourth-order valence-corrected chi connectivity index (χ4v) is 2.51. The number of aliphatic carboxylic acids is 1. The molecule has 0 aromatic carbocycles. The summed E-state index contributed by atoms with van der Waals surface area (Å²) in [5.41, 5.74) is 10.2. The summed E-state index contributed by atoms with van der Waals surface area (Å²) in [6.45, 7) is -1.13. The molecule has 0 aliphatic carbocycles. The van der Waals surface area contributed by atoms with Crippen molar-refractivity contribution in [1.29, 1.82) is 0 Å². The van der Waals surface area contributed by atoms with Crippen molar-refractivity contribution >= 4 is 41.4 Å². The van der Waals surface area contributed by atoms with E-state index in [9.17, 15) is 29.1 Å². The number of amides is 4. The van der Waals surface area contributed by atoms with Gasteiger partial charge in [-0.05, 0) is 24.9 Å². The number of rotatable bonds is 14. The van der Waals surface area contributed by atoms with Crippen LogP contribution in [0.4, 0.5) is 0 Å². The van der Waals surface area contributed by atoms with Crippen molar-refractivity contribution in [2.75, 3.05) is 25.2 Å². The molecule has 0 aliphatic heterocycles. The van der Waals surface area contributed by atoms with E-state index in [1.165, 1.54) is 11.8 Å². The standard InChI is InChI=1S/C15H27N5O7S/c1-28-5-4-8(18-12(23)6-16)13(24)20-10(7-21)14(25)19-9(15(26)27)2-3-11(17)22/h8-10,21H,2-7,16H2,1H3,(H2,17,22)(H,18,23)(H,19,25)(H,20,24)(H,26,27). The molecule has 0 aromatic rings. The Labute approximate surface area is 166 Å². The lowest BCUT2D eigenvalue weighted by Gasteiger charge is -2.23. The molecule has 0 fully saturated rings. The molecule has 0 aromatic heterocycles. The molecule has 0 radical (unpaired) electrons. The maximum absolute atomic E-state index is 12.4. The molecule has 4 amide bonds. The van der Waals surface area contributed by atoms with Crippen molar-refractivity contribution in [3.05, 3.63) is 0 Å². The number of carboxylic acid groups (broad SMARTS) is 1. The van der Waals surface area contributed by atoms with Crippen molar-refractivity contribution in [1.82, 2.24) is 16.0 Å². The summed E-state index contributed by atoms with van der Waals surface area (Å²) in [4.78, 5) is 58.0. The number of aliphatic hydroxyl groups is 1. The summed E-state index contributed by atoms with van der Waals surface area (Å²) in [5, 5.41) is 25.3. The third-order valence-corrected chi connectivity index (χ3v) is 4.20. The second kappa shape index (κ2) is 13.7. The number of thioether (sulfide) groups is 1. The zero-order valence-corrected chi connectivity index (χ0v) is 16.3. The van der Waals surface area contributed by atoms with Crippen molar-refractivity contribution in [3.8, 4) is 0 Å². The molecule has 3 atom stereocenters. The lowest BCUT2D eigenvalue weighted by atomic mass is 10.1. The van der Waals surface area contributed by atoms with Gasteiger partial charge < -0.3 is 37.6 Å². The van der Waals surface area contributed by atoms with Gasteiger partial charge in [0.05, 0.1) is 13.2 Å². The molecule has 0 spiro atoms. The molecule has 0 saturated carbocycles. The summed E-state index contributed by atoms with van der Waals surface area (Å²) in [6, 6.07) is -3.85. The van der Waals surface area contributed by atoms with Crippen LogP contribution in [-0.4, -0.2) is 83.1 Å². The first-order valence-corrected chi connectivity index (χ1v) is 9.76. The van der Waals surface area contributed by atoms with Gasteiger partial charge in [0, 0.05) is 6.42 Å². The summed E-state index contributed by atoms with van der Waals surface area (Å²) in [6.07, 6.45) is 1.55. The Morgan fingerprint density at radius 3 is 2.00 bits per heavy atom. The van der Waals surface area contributed by atoms with Crippen LogP contribution in [0, 0.1) is 0 Å². The summed E-state index contributed by atoms with van der Waals surface area (Å²) < 4.78 is 0. The first-order valence-electron chi connectivity index (χ1n) is 8.37. The number of aliphatic hydroxyl groups excluding tert-OH is 1. The number of carbonyl (C=O) groups excluding carboxylic acids is 4. The fraction of sp³-hybridized carbons (Fsp3) is 0.667. The van der Waals surface area contributed by atoms with E-state index in [1.54, 1.807) is 0 Å². The zero-order valence-electron chi connectivity index (χ0n) is 15.5. The Hall–Kier alpha value is -2.38. The fourth-order valence-electron chi connectivity index (χ4n) is 2.04. The monoisotopic (exact) mass is 421 g/mol. The molecule has 160 valence electrons. The quantitative estimate of drug-likeness (QED) is 0.148. The third kappa shape index (κ3) is 10.1. The van der Waals surface area contributed by atoms with Crippen LogP contribution in [0.5, 0.6) is 0 Å². The van der Waals surface area contributed by atoms with Gasteiger partial charge in [0.15, 0.2) is 0 Å². The number of hydrogen-bond donors (Lipinski definition) is 7. The van der Waals surface area contributed by atoms with E-state index in [-0.39, 0.29) is 25.8 Å². The van der Waals surface area contributed by atoms with Gasteiger partial charge in [-0.1, -0.05) is 0 Å². The minimum absolute atomic E-state index is 0.245. The van der Waals surface area contributed by atoms with Gasteiger partial charge >= 0.3 is 5.97 Å². The van der Waals surface area contributed by atoms with Gasteiger partial charge in [0.2, 0.25) is 23.6 Å². The molecule has 0 saturated heterocycles. The van der Waals surface area contributed by atoms with E-state index >= 15 is 0 Å². The number of nitrogens with one attached hydrogen (secondary N) is 3. The molecule has 13 heteroatoms. The Morgan fingerprint density at radius 2 is 1.54 bits per heavy atom. The smallest absolute Gasteiger partial charge is 0.326 e. The minimum Gasteiger partial charge on any atom is -0.480 e. The predicted molar refractivity (Wildman–Crippen MR) is 101 cm³/mol. The van der Waals surface area contributed by atoms with Gasteiger partial charge in [0.1, 0.15) is 18.1 Å². The third-order valence-electron chi connectivity index (χ3n) is 3.56. The van der Waals surface area contributed by atoms with Crippen LogP contribution in [0.3, 0.4) is 0 Å². The molecule has 28 heavy (non-hydrogen) atoms. The van der Waals surface area contributed by atoms with E-state index < -0.39 is 54.3 Å². The van der Waals surface area contributed by atoms with Gasteiger partial charge in [-0.2, -0.15) is 11.8 Å². The predicted octanol–water partition coefficient (Wildman–Crippen LogP) is -3.50. The van der Waals surface area contributed by atoms with Crippen LogP contribution in [0.15, 0.2) is 0 Å². The Morgan fingerprint density at radius 1 is 0.964 bits per heavy atom. The van der Waals surface area contributed by atoms with E-state index in [4.69, 9.17) is 16.6 Å². The van der Waals surface area contributed by atoms with Crippen LogP contribution in [-0.2, 0) is 24.0 Å². The number of carbonyl (C=O) groups is 5. The van der Waals surface area contributed by atoms with E-state index in [0.29, 0.717) is 5.75 Å². The SMILES string of the molecule is CSCCC(NC(=O)CN)C(=O)NC(CO)C(=O)NC(CCC(N)=O)C(=O)O. The van der Waals surface area contributed by atoms with Gasteiger partial charge in [-0.25, -0.2) is 4.79 Å². The van der Waals surface area contributed by atoms with E-state index in [1.807, 2.05) is 6.26 Å². The highest BCUT2D eigenvalue weighted by Gasteiger charge is 2.29. The van der Waals surface area contributed by atoms with Crippen LogP contribution in [0.1, 0.15) is 19.3 Å². The minimum atomic E-state index is -1.45. The lowest BCUT2D eigenvalue weighted by Crippen LogP contribution is -2.57. The van der Waals surface area contributed by atoms with E-state index in [2.05, 4.69) is 16.0 Å². The molecule has 0 aliphatic rings. The van der Waals surface area contributed by atoms with Crippen molar-refractivity contribution in [3.63, 3.8) is 0 Å². The van der Waals surface area contributed by atoms with Gasteiger partial charge in [-0.3, -0.25) is 19.2 Å². The molecule has 0 heterocycles. The van der Waals surface area contributed by atoms with Gasteiger partial charge in [0.25, 0.3) is 0 Å². The zero-order chi connectivity index (χ0) is 21.7. The highest BCUT2D eigenvalue weighted by molar-refractivity contribution is 7.98. The molecular formula is C15H27N5O7S. The second-order valence-corrected chi connectivity index (χ2v) is 6.74. The molecule has 0 bridgehead atoms. The topological polar surface area (TPSA) is 214 Å². The normalized spacial score (nSPS) is 13.7. The number of nitrogens with two attached hydrogens (primary N) is 2. The van der Waals surface area contributed by atoms with Crippen molar-refractivity contribution < 1.29 is 34.2 Å². The lowest BCUT2D eigenvalue weighted by molar-refractivity contribution is -0.143. The number of primary amides is 1. The van der Waals surface area contributed by atoms with Crippen LogP contribution in [0.25, 0.3) is 0 Å². The van der Waals surface area contributed by atoms with E-state index in [0.717, 1.165) is 0 Å². The number of hydrogen-bond acceptors (Lipinski definition) is 8. The molecule has 9 N–H and O–H groups in total. The summed E-state index contributed by atoms with van der Waals surface area (Å²) >= 11 is 1.44. The first kappa shape index (κ1) is 25.6. The van der Waals surface area contributed by atoms with Crippen LogP contribution < -0.4 is 27.4 Å². The Balaban J connectivity index is 5.02. The summed E-state index contributed by atoms with van der Waals surface area (Å²) in [5.74, 6) is -3.85. The average Bonchev–Trinajstić information content (AvgIpc) is 2.65. The Bertz CT molecular complexity index is 575. The van der Waals surface area contributed by atoms with Crippen LogP contribution in [0.2, 0.25) is 0 Å². The van der Waals surface area contributed by atoms with Crippen molar-refractivity contribution in [2.45, 2.75) is 37.4 Å². The maximum atomic E-state index is 12.4. The molecule has 0 rings (SSSR count). The van der Waals surface area contributed by atoms with Crippen LogP contribution >= 0.6 is 11.8 Å². The average molecular weight is 421 g/mol.